The molecule has 21 heavy (non-hydrogen) atoms. The maximum atomic E-state index is 6.09. The molecule has 0 saturated heterocycles. The number of benzene rings is 1. The van der Waals surface area contributed by atoms with Crippen LogP contribution in [0.3, 0.4) is 0 Å². The van der Waals surface area contributed by atoms with Gasteiger partial charge >= 0.3 is 0 Å². The Kier molecular flexibility index (Phi) is 4.88. The maximum absolute atomic E-state index is 6.09. The highest BCUT2D eigenvalue weighted by molar-refractivity contribution is 6.42. The van der Waals surface area contributed by atoms with Crippen LogP contribution in [0.1, 0.15) is 5.69 Å². The molecule has 2 aromatic heterocycles. The highest BCUT2D eigenvalue weighted by Crippen LogP contribution is 2.30. The smallest absolute Gasteiger partial charge is 0.0992 e. The van der Waals surface area contributed by atoms with Crippen molar-refractivity contribution in [3.05, 3.63) is 64.9 Å². The number of halogens is 3. The van der Waals surface area contributed by atoms with Gasteiger partial charge in [-0.15, -0.1) is 12.4 Å². The standard InChI is InChI=1S/C15H11Cl2N3.ClH/c1-10-13(11-2-3-14(16)15(17)6-11)7-12(8-19-10)20-5-4-18-9-20;/h2-9H,1H3;1H. The summed E-state index contributed by atoms with van der Waals surface area (Å²) in [6.07, 6.45) is 7.17. The molecule has 3 aromatic rings. The van der Waals surface area contributed by atoms with E-state index in [1.807, 2.05) is 36.0 Å². The van der Waals surface area contributed by atoms with Crippen molar-refractivity contribution in [2.45, 2.75) is 6.92 Å². The molecule has 0 spiro atoms. The lowest BCUT2D eigenvalue weighted by Crippen LogP contribution is -1.95. The Balaban J connectivity index is 0.00000161. The molecule has 3 rings (SSSR count). The van der Waals surface area contributed by atoms with E-state index in [2.05, 4.69) is 16.0 Å². The van der Waals surface area contributed by atoms with Crippen LogP contribution in [0.2, 0.25) is 10.0 Å². The van der Waals surface area contributed by atoms with Crippen molar-refractivity contribution in [1.29, 1.82) is 0 Å². The molecular formula is C15H12Cl3N3. The third-order valence-corrected chi connectivity index (χ3v) is 3.84. The van der Waals surface area contributed by atoms with Gasteiger partial charge < -0.3 is 4.57 Å². The number of imidazole rings is 1. The Morgan fingerprint density at radius 3 is 2.57 bits per heavy atom. The van der Waals surface area contributed by atoms with Crippen LogP contribution in [-0.4, -0.2) is 14.5 Å². The summed E-state index contributed by atoms with van der Waals surface area (Å²) in [6, 6.07) is 7.65. The Hall–Kier alpha value is -1.55. The highest BCUT2D eigenvalue weighted by Gasteiger charge is 2.08. The van der Waals surface area contributed by atoms with E-state index in [4.69, 9.17) is 23.2 Å². The summed E-state index contributed by atoms with van der Waals surface area (Å²) < 4.78 is 1.91. The van der Waals surface area contributed by atoms with Crippen molar-refractivity contribution in [3.8, 4) is 16.8 Å². The van der Waals surface area contributed by atoms with Gasteiger partial charge in [0.2, 0.25) is 0 Å². The van der Waals surface area contributed by atoms with Crippen LogP contribution >= 0.6 is 35.6 Å². The number of nitrogens with zero attached hydrogens (tertiary/aromatic N) is 3. The monoisotopic (exact) mass is 339 g/mol. The summed E-state index contributed by atoms with van der Waals surface area (Å²) in [5.41, 5.74) is 3.91. The Labute approximate surface area is 139 Å². The fraction of sp³-hybridized carbons (Fsp3) is 0.0667. The van der Waals surface area contributed by atoms with Gasteiger partial charge in [0.15, 0.2) is 0 Å². The normalized spacial score (nSPS) is 10.2. The largest absolute Gasteiger partial charge is 0.305 e. The average molecular weight is 341 g/mol. The summed E-state index contributed by atoms with van der Waals surface area (Å²) in [7, 11) is 0. The average Bonchev–Trinajstić information content (AvgIpc) is 2.97. The van der Waals surface area contributed by atoms with Crippen molar-refractivity contribution >= 4 is 35.6 Å². The zero-order valence-electron chi connectivity index (χ0n) is 11.1. The van der Waals surface area contributed by atoms with Crippen LogP contribution in [0.5, 0.6) is 0 Å². The van der Waals surface area contributed by atoms with E-state index in [1.165, 1.54) is 0 Å². The van der Waals surface area contributed by atoms with E-state index in [-0.39, 0.29) is 12.4 Å². The number of aromatic nitrogens is 3. The summed E-state index contributed by atoms with van der Waals surface area (Å²) in [6.45, 7) is 1.97. The van der Waals surface area contributed by atoms with Crippen LogP contribution < -0.4 is 0 Å². The lowest BCUT2D eigenvalue weighted by molar-refractivity contribution is 1.03. The summed E-state index contributed by atoms with van der Waals surface area (Å²) in [5.74, 6) is 0. The number of hydrogen-bond donors (Lipinski definition) is 0. The second-order valence-corrected chi connectivity index (χ2v) is 5.24. The van der Waals surface area contributed by atoms with Gasteiger partial charge in [0.1, 0.15) is 0 Å². The molecule has 0 saturated carbocycles. The van der Waals surface area contributed by atoms with Crippen molar-refractivity contribution < 1.29 is 0 Å². The van der Waals surface area contributed by atoms with Gasteiger partial charge in [0, 0.05) is 23.7 Å². The van der Waals surface area contributed by atoms with E-state index in [9.17, 15) is 0 Å². The van der Waals surface area contributed by atoms with Gasteiger partial charge in [-0.05, 0) is 30.7 Å². The number of aryl methyl sites for hydroxylation is 1. The molecule has 3 nitrogen and oxygen atoms in total. The first kappa shape index (κ1) is 15.8. The Bertz CT molecular complexity index is 755. The molecule has 6 heteroatoms. The Morgan fingerprint density at radius 2 is 1.90 bits per heavy atom. The molecule has 0 aliphatic rings. The zero-order valence-corrected chi connectivity index (χ0v) is 13.5. The molecule has 0 fully saturated rings. The Morgan fingerprint density at radius 1 is 1.10 bits per heavy atom. The molecule has 1 aromatic carbocycles. The first-order chi connectivity index (χ1) is 9.65. The van der Waals surface area contributed by atoms with Crippen LogP contribution in [-0.2, 0) is 0 Å². The molecule has 0 radical (unpaired) electrons. The fourth-order valence-corrected chi connectivity index (χ4v) is 2.33. The van der Waals surface area contributed by atoms with E-state index in [0.717, 1.165) is 22.5 Å². The molecule has 2 heterocycles. The molecule has 0 aliphatic carbocycles. The maximum Gasteiger partial charge on any atom is 0.0992 e. The predicted octanol–water partition coefficient (Wildman–Crippen LogP) is 4.97. The van der Waals surface area contributed by atoms with Gasteiger partial charge in [-0.3, -0.25) is 4.98 Å². The summed E-state index contributed by atoms with van der Waals surface area (Å²) in [5, 5.41) is 1.09. The number of rotatable bonds is 2. The quantitative estimate of drug-likeness (QED) is 0.659. The van der Waals surface area contributed by atoms with Crippen LogP contribution in [0.15, 0.2) is 49.2 Å². The topological polar surface area (TPSA) is 30.7 Å². The van der Waals surface area contributed by atoms with Gasteiger partial charge in [-0.1, -0.05) is 29.3 Å². The number of pyridine rings is 1. The molecule has 0 aliphatic heterocycles. The molecule has 0 amide bonds. The lowest BCUT2D eigenvalue weighted by Gasteiger charge is -2.10. The lowest BCUT2D eigenvalue weighted by atomic mass is 10.0. The summed E-state index contributed by atoms with van der Waals surface area (Å²) >= 11 is 12.0. The van der Waals surface area contributed by atoms with Crippen LogP contribution in [0, 0.1) is 6.92 Å². The second kappa shape index (κ2) is 6.48. The minimum atomic E-state index is 0. The van der Waals surface area contributed by atoms with Crippen molar-refractivity contribution in [3.63, 3.8) is 0 Å². The van der Waals surface area contributed by atoms with Crippen molar-refractivity contribution in [1.82, 2.24) is 14.5 Å². The van der Waals surface area contributed by atoms with E-state index >= 15 is 0 Å². The SMILES string of the molecule is Cc1ncc(-n2ccnc2)cc1-c1ccc(Cl)c(Cl)c1.Cl. The molecule has 0 bridgehead atoms. The highest BCUT2D eigenvalue weighted by atomic mass is 35.5. The minimum Gasteiger partial charge on any atom is -0.305 e. The molecule has 0 unspecified atom stereocenters. The fourth-order valence-electron chi connectivity index (χ4n) is 2.03. The first-order valence-electron chi connectivity index (χ1n) is 6.05. The van der Waals surface area contributed by atoms with Crippen LogP contribution in [0.4, 0.5) is 0 Å². The van der Waals surface area contributed by atoms with Gasteiger partial charge in [0.25, 0.3) is 0 Å². The minimum absolute atomic E-state index is 0. The number of hydrogen-bond acceptors (Lipinski definition) is 2. The van der Waals surface area contributed by atoms with Gasteiger partial charge in [-0.2, -0.15) is 0 Å². The van der Waals surface area contributed by atoms with E-state index in [0.29, 0.717) is 10.0 Å². The third-order valence-electron chi connectivity index (χ3n) is 3.11. The van der Waals surface area contributed by atoms with Gasteiger partial charge in [-0.25, -0.2) is 4.98 Å². The predicted molar refractivity (Wildman–Crippen MR) is 88.8 cm³/mol. The van der Waals surface area contributed by atoms with Crippen molar-refractivity contribution in [2.75, 3.05) is 0 Å². The molecular weight excluding hydrogens is 329 g/mol. The zero-order chi connectivity index (χ0) is 14.1. The van der Waals surface area contributed by atoms with E-state index < -0.39 is 0 Å². The van der Waals surface area contributed by atoms with Crippen molar-refractivity contribution in [2.24, 2.45) is 0 Å². The molecule has 0 atom stereocenters. The van der Waals surface area contributed by atoms with E-state index in [1.54, 1.807) is 18.6 Å². The molecule has 108 valence electrons. The van der Waals surface area contributed by atoms with Gasteiger partial charge in [0.05, 0.1) is 28.3 Å². The summed E-state index contributed by atoms with van der Waals surface area (Å²) in [4.78, 5) is 8.48. The third kappa shape index (κ3) is 3.21. The first-order valence-corrected chi connectivity index (χ1v) is 6.81. The van der Waals surface area contributed by atoms with Crippen LogP contribution in [0.25, 0.3) is 16.8 Å². The molecule has 0 N–H and O–H groups in total. The second-order valence-electron chi connectivity index (χ2n) is 4.43.